The van der Waals surface area contributed by atoms with Crippen LogP contribution in [0.4, 0.5) is 13.2 Å². The number of alkyl halides is 3. The van der Waals surface area contributed by atoms with Crippen LogP contribution in [-0.4, -0.2) is 30.6 Å². The molecular weight excluding hydrogens is 319 g/mol. The molecule has 24 heavy (non-hydrogen) atoms. The number of halogens is 3. The van der Waals surface area contributed by atoms with Gasteiger partial charge in [0.1, 0.15) is 0 Å². The van der Waals surface area contributed by atoms with E-state index in [2.05, 4.69) is 5.32 Å². The normalized spacial score (nSPS) is 25.1. The predicted molar refractivity (Wildman–Crippen MR) is 86.5 cm³/mol. The van der Waals surface area contributed by atoms with E-state index < -0.39 is 11.7 Å². The molecule has 0 aromatic heterocycles. The largest absolute Gasteiger partial charge is 0.416 e. The Hall–Kier alpha value is -1.66. The standard InChI is InChI=1S/C18H22F3NO2/c1-13-11-22-12-17(2,24-13)10-9-16(23)8-5-14-3-6-15(7-4-14)18(19,20)21/h3-8,13,22H,9-12H2,1-2H3. The third kappa shape index (κ3) is 5.46. The van der Waals surface area contributed by atoms with Crippen molar-refractivity contribution in [2.75, 3.05) is 13.1 Å². The van der Waals surface area contributed by atoms with Crippen molar-refractivity contribution in [3.8, 4) is 0 Å². The van der Waals surface area contributed by atoms with E-state index in [4.69, 9.17) is 4.74 Å². The topological polar surface area (TPSA) is 38.3 Å². The van der Waals surface area contributed by atoms with Gasteiger partial charge in [0.2, 0.25) is 0 Å². The highest BCUT2D eigenvalue weighted by Gasteiger charge is 2.31. The van der Waals surface area contributed by atoms with Crippen molar-refractivity contribution in [1.29, 1.82) is 0 Å². The molecule has 1 aliphatic rings. The molecule has 1 aromatic rings. The molecule has 1 saturated heterocycles. The number of ketones is 1. The molecule has 2 atom stereocenters. The fraction of sp³-hybridized carbons (Fsp3) is 0.500. The second kappa shape index (κ2) is 7.49. The Kier molecular flexibility index (Phi) is 5.83. The van der Waals surface area contributed by atoms with E-state index in [1.54, 1.807) is 0 Å². The Morgan fingerprint density at radius 2 is 2.04 bits per heavy atom. The van der Waals surface area contributed by atoms with Gasteiger partial charge in [-0.1, -0.05) is 18.2 Å². The zero-order valence-electron chi connectivity index (χ0n) is 13.8. The smallest absolute Gasteiger partial charge is 0.370 e. The number of hydrogen-bond donors (Lipinski definition) is 1. The average molecular weight is 341 g/mol. The third-order valence-electron chi connectivity index (χ3n) is 4.02. The molecule has 2 rings (SSSR count). The molecule has 1 aliphatic heterocycles. The molecule has 3 nitrogen and oxygen atoms in total. The zero-order valence-corrected chi connectivity index (χ0v) is 13.8. The highest BCUT2D eigenvalue weighted by Crippen LogP contribution is 2.29. The van der Waals surface area contributed by atoms with Crippen LogP contribution in [0.3, 0.4) is 0 Å². The van der Waals surface area contributed by atoms with Gasteiger partial charge in [0.15, 0.2) is 5.78 Å². The van der Waals surface area contributed by atoms with Crippen LogP contribution in [0.15, 0.2) is 30.3 Å². The van der Waals surface area contributed by atoms with Gasteiger partial charge in [-0.3, -0.25) is 4.79 Å². The molecule has 1 heterocycles. The molecule has 0 aliphatic carbocycles. The lowest BCUT2D eigenvalue weighted by Gasteiger charge is -2.38. The number of morpholine rings is 1. The second-order valence-electron chi connectivity index (χ2n) is 6.43. The van der Waals surface area contributed by atoms with E-state index >= 15 is 0 Å². The van der Waals surface area contributed by atoms with Crippen LogP contribution in [0.2, 0.25) is 0 Å². The maximum Gasteiger partial charge on any atom is 0.416 e. The molecule has 2 unspecified atom stereocenters. The number of hydrogen-bond acceptors (Lipinski definition) is 3. The Morgan fingerprint density at radius 3 is 2.62 bits per heavy atom. The maximum atomic E-state index is 12.5. The van der Waals surface area contributed by atoms with Gasteiger partial charge < -0.3 is 10.1 Å². The molecule has 0 spiro atoms. The summed E-state index contributed by atoms with van der Waals surface area (Å²) in [6, 6.07) is 4.72. The number of rotatable bonds is 5. The summed E-state index contributed by atoms with van der Waals surface area (Å²) < 4.78 is 43.3. The molecule has 132 valence electrons. The van der Waals surface area contributed by atoms with Gasteiger partial charge in [-0.2, -0.15) is 13.2 Å². The Morgan fingerprint density at radius 1 is 1.38 bits per heavy atom. The first-order valence-electron chi connectivity index (χ1n) is 7.95. The highest BCUT2D eigenvalue weighted by atomic mass is 19.4. The summed E-state index contributed by atoms with van der Waals surface area (Å²) in [5.74, 6) is -0.0713. The Bertz CT molecular complexity index is 595. The number of benzene rings is 1. The summed E-state index contributed by atoms with van der Waals surface area (Å²) in [5.41, 5.74) is -0.503. The van der Waals surface area contributed by atoms with Crippen LogP contribution < -0.4 is 5.32 Å². The number of allylic oxidation sites excluding steroid dienone is 1. The van der Waals surface area contributed by atoms with Crippen molar-refractivity contribution in [2.24, 2.45) is 0 Å². The van der Waals surface area contributed by atoms with Crippen molar-refractivity contribution >= 4 is 11.9 Å². The van der Waals surface area contributed by atoms with Gasteiger partial charge in [0, 0.05) is 19.5 Å². The molecule has 1 N–H and O–H groups in total. The fourth-order valence-electron chi connectivity index (χ4n) is 2.70. The van der Waals surface area contributed by atoms with Gasteiger partial charge in [-0.25, -0.2) is 0 Å². The lowest BCUT2D eigenvalue weighted by atomic mass is 9.96. The lowest BCUT2D eigenvalue weighted by molar-refractivity contribution is -0.137. The van der Waals surface area contributed by atoms with E-state index in [9.17, 15) is 18.0 Å². The minimum atomic E-state index is -4.35. The first kappa shape index (κ1) is 18.7. The van der Waals surface area contributed by atoms with E-state index in [1.165, 1.54) is 24.3 Å². The Balaban J connectivity index is 1.86. The van der Waals surface area contributed by atoms with Crippen LogP contribution >= 0.6 is 0 Å². The van der Waals surface area contributed by atoms with Gasteiger partial charge in [-0.05, 0) is 44.0 Å². The van der Waals surface area contributed by atoms with E-state index in [-0.39, 0.29) is 17.5 Å². The molecule has 0 radical (unpaired) electrons. The average Bonchev–Trinajstić information content (AvgIpc) is 2.50. The minimum absolute atomic E-state index is 0.0713. The maximum absolute atomic E-state index is 12.5. The van der Waals surface area contributed by atoms with Crippen molar-refractivity contribution in [3.05, 3.63) is 41.5 Å². The molecular formula is C18H22F3NO2. The summed E-state index contributed by atoms with van der Waals surface area (Å²) in [5, 5.41) is 3.28. The van der Waals surface area contributed by atoms with E-state index in [0.717, 1.165) is 18.7 Å². The molecule has 0 saturated carbocycles. The minimum Gasteiger partial charge on any atom is -0.370 e. The first-order chi connectivity index (χ1) is 11.2. The zero-order chi connectivity index (χ0) is 17.8. The van der Waals surface area contributed by atoms with Crippen molar-refractivity contribution in [2.45, 2.75) is 44.6 Å². The fourth-order valence-corrected chi connectivity index (χ4v) is 2.70. The van der Waals surface area contributed by atoms with Crippen LogP contribution in [-0.2, 0) is 15.7 Å². The van der Waals surface area contributed by atoms with Crippen LogP contribution in [0, 0.1) is 0 Å². The van der Waals surface area contributed by atoms with Gasteiger partial charge in [0.05, 0.1) is 17.3 Å². The molecule has 1 aromatic carbocycles. The Labute approximate surface area is 139 Å². The lowest BCUT2D eigenvalue weighted by Crippen LogP contribution is -2.51. The predicted octanol–water partition coefficient (Wildman–Crippen LogP) is 3.83. The van der Waals surface area contributed by atoms with E-state index in [1.807, 2.05) is 13.8 Å². The van der Waals surface area contributed by atoms with Crippen molar-refractivity contribution < 1.29 is 22.7 Å². The number of nitrogens with one attached hydrogen (secondary N) is 1. The number of ether oxygens (including phenoxy) is 1. The summed E-state index contributed by atoms with van der Waals surface area (Å²) >= 11 is 0. The second-order valence-corrected chi connectivity index (χ2v) is 6.43. The third-order valence-corrected chi connectivity index (χ3v) is 4.02. The monoisotopic (exact) mass is 341 g/mol. The van der Waals surface area contributed by atoms with Gasteiger partial charge in [0.25, 0.3) is 0 Å². The summed E-state index contributed by atoms with van der Waals surface area (Å²) in [6.07, 6.45) is -0.359. The van der Waals surface area contributed by atoms with Crippen molar-refractivity contribution in [1.82, 2.24) is 5.32 Å². The van der Waals surface area contributed by atoms with Gasteiger partial charge in [-0.15, -0.1) is 0 Å². The quantitative estimate of drug-likeness (QED) is 0.827. The van der Waals surface area contributed by atoms with Gasteiger partial charge >= 0.3 is 6.18 Å². The number of carbonyl (C=O) groups is 1. The molecule has 1 fully saturated rings. The van der Waals surface area contributed by atoms with Crippen molar-refractivity contribution in [3.63, 3.8) is 0 Å². The van der Waals surface area contributed by atoms with Crippen LogP contribution in [0.5, 0.6) is 0 Å². The van der Waals surface area contributed by atoms with Crippen LogP contribution in [0.1, 0.15) is 37.8 Å². The van der Waals surface area contributed by atoms with Crippen LogP contribution in [0.25, 0.3) is 6.08 Å². The SMILES string of the molecule is CC1CNCC(C)(CCC(=O)C=Cc2ccc(C(F)(F)F)cc2)O1. The summed E-state index contributed by atoms with van der Waals surface area (Å²) in [4.78, 5) is 12.0. The summed E-state index contributed by atoms with van der Waals surface area (Å²) in [6.45, 7) is 5.46. The summed E-state index contributed by atoms with van der Waals surface area (Å²) in [7, 11) is 0. The first-order valence-corrected chi connectivity index (χ1v) is 7.95. The number of carbonyl (C=O) groups excluding carboxylic acids is 1. The van der Waals surface area contributed by atoms with E-state index in [0.29, 0.717) is 24.9 Å². The molecule has 6 heteroatoms. The highest BCUT2D eigenvalue weighted by molar-refractivity contribution is 5.93. The molecule has 0 bridgehead atoms. The molecule has 0 amide bonds.